The Bertz CT molecular complexity index is 387. The lowest BCUT2D eigenvalue weighted by molar-refractivity contribution is 0.0526. The number of hydrogen-bond acceptors (Lipinski definition) is 3. The molecule has 3 heteroatoms. The lowest BCUT2D eigenvalue weighted by atomic mass is 10.0. The van der Waals surface area contributed by atoms with Crippen LogP contribution in [0.15, 0.2) is 18.2 Å². The lowest BCUT2D eigenvalue weighted by Gasteiger charge is -2.06. The van der Waals surface area contributed by atoms with Gasteiger partial charge >= 0.3 is 5.97 Å². The van der Waals surface area contributed by atoms with Gasteiger partial charge in [-0.1, -0.05) is 6.07 Å². The second-order valence-corrected chi connectivity index (χ2v) is 3.74. The van der Waals surface area contributed by atoms with Crippen LogP contribution in [0.25, 0.3) is 0 Å². The molecular weight excluding hydrogens is 190 g/mol. The summed E-state index contributed by atoms with van der Waals surface area (Å²) in [7, 11) is 0. The van der Waals surface area contributed by atoms with Gasteiger partial charge in [0, 0.05) is 12.6 Å². The number of ether oxygens (including phenoxy) is 1. The van der Waals surface area contributed by atoms with Gasteiger partial charge in [0.05, 0.1) is 12.2 Å². The minimum atomic E-state index is -0.236. The highest BCUT2D eigenvalue weighted by Gasteiger charge is 2.19. The van der Waals surface area contributed by atoms with E-state index in [1.807, 2.05) is 25.1 Å². The van der Waals surface area contributed by atoms with E-state index in [9.17, 15) is 4.79 Å². The number of rotatable bonds is 2. The summed E-state index contributed by atoms with van der Waals surface area (Å²) < 4.78 is 4.96. The Hall–Kier alpha value is -1.35. The molecule has 15 heavy (non-hydrogen) atoms. The second-order valence-electron chi connectivity index (χ2n) is 3.74. The number of benzene rings is 1. The van der Waals surface area contributed by atoms with Crippen LogP contribution in [-0.2, 0) is 11.3 Å². The molecule has 80 valence electrons. The van der Waals surface area contributed by atoms with Crippen LogP contribution in [0, 0.1) is 0 Å². The van der Waals surface area contributed by atoms with E-state index in [4.69, 9.17) is 4.74 Å². The molecule has 1 N–H and O–H groups in total. The van der Waals surface area contributed by atoms with Gasteiger partial charge in [-0.3, -0.25) is 0 Å². The largest absolute Gasteiger partial charge is 0.462 e. The Morgan fingerprint density at radius 3 is 3.13 bits per heavy atom. The summed E-state index contributed by atoms with van der Waals surface area (Å²) in [5, 5.41) is 3.33. The summed E-state index contributed by atoms with van der Waals surface area (Å²) in [5.41, 5.74) is 3.13. The van der Waals surface area contributed by atoms with Crippen molar-refractivity contribution in [1.29, 1.82) is 0 Å². The van der Waals surface area contributed by atoms with Crippen molar-refractivity contribution in [3.63, 3.8) is 0 Å². The van der Waals surface area contributed by atoms with Crippen molar-refractivity contribution in [2.75, 3.05) is 6.61 Å². The number of carbonyl (C=O) groups is 1. The van der Waals surface area contributed by atoms with Crippen molar-refractivity contribution < 1.29 is 9.53 Å². The third kappa shape index (κ3) is 1.88. The van der Waals surface area contributed by atoms with Crippen LogP contribution in [0.1, 0.15) is 41.4 Å². The fraction of sp³-hybridized carbons (Fsp3) is 0.417. The second kappa shape index (κ2) is 4.03. The van der Waals surface area contributed by atoms with Gasteiger partial charge in [0.2, 0.25) is 0 Å². The Kier molecular flexibility index (Phi) is 2.73. The third-order valence-electron chi connectivity index (χ3n) is 2.72. The Balaban J connectivity index is 2.27. The summed E-state index contributed by atoms with van der Waals surface area (Å²) in [6, 6.07) is 6.15. The Morgan fingerprint density at radius 2 is 2.40 bits per heavy atom. The molecule has 0 spiro atoms. The molecule has 0 saturated heterocycles. The topological polar surface area (TPSA) is 38.3 Å². The molecule has 2 rings (SSSR count). The van der Waals surface area contributed by atoms with E-state index in [1.54, 1.807) is 0 Å². The molecule has 1 aromatic carbocycles. The minimum absolute atomic E-state index is 0.236. The summed E-state index contributed by atoms with van der Waals surface area (Å²) >= 11 is 0. The highest BCUT2D eigenvalue weighted by Crippen LogP contribution is 2.25. The average molecular weight is 205 g/mol. The SMILES string of the molecule is CCOC(=O)c1ccc2c(c1)CNC2C. The van der Waals surface area contributed by atoms with Crippen molar-refractivity contribution in [3.8, 4) is 0 Å². The molecule has 1 aliphatic rings. The van der Waals surface area contributed by atoms with Gasteiger partial charge in [0.1, 0.15) is 0 Å². The number of carbonyl (C=O) groups excluding carboxylic acids is 1. The fourth-order valence-electron chi connectivity index (χ4n) is 1.90. The lowest BCUT2D eigenvalue weighted by Crippen LogP contribution is -2.06. The minimum Gasteiger partial charge on any atom is -0.462 e. The van der Waals surface area contributed by atoms with Gasteiger partial charge < -0.3 is 10.1 Å². The molecule has 0 fully saturated rings. The summed E-state index contributed by atoms with van der Waals surface area (Å²) in [6.45, 7) is 5.19. The molecule has 3 nitrogen and oxygen atoms in total. The van der Waals surface area contributed by atoms with Gasteiger partial charge in [-0.25, -0.2) is 4.79 Å². The van der Waals surface area contributed by atoms with Crippen molar-refractivity contribution in [3.05, 3.63) is 34.9 Å². The number of nitrogens with one attached hydrogen (secondary N) is 1. The summed E-state index contributed by atoms with van der Waals surface area (Å²) in [6.07, 6.45) is 0. The molecule has 1 unspecified atom stereocenters. The normalized spacial score (nSPS) is 18.7. The van der Waals surface area contributed by atoms with Crippen molar-refractivity contribution in [1.82, 2.24) is 5.32 Å². The summed E-state index contributed by atoms with van der Waals surface area (Å²) in [5.74, 6) is -0.236. The van der Waals surface area contributed by atoms with Crippen LogP contribution in [0.4, 0.5) is 0 Å². The number of hydrogen-bond donors (Lipinski definition) is 1. The maximum atomic E-state index is 11.5. The van der Waals surface area contributed by atoms with Crippen LogP contribution >= 0.6 is 0 Å². The van der Waals surface area contributed by atoms with Crippen LogP contribution in [0.5, 0.6) is 0 Å². The van der Waals surface area contributed by atoms with Gasteiger partial charge in [-0.15, -0.1) is 0 Å². The van der Waals surface area contributed by atoms with E-state index in [2.05, 4.69) is 12.2 Å². The highest BCUT2D eigenvalue weighted by atomic mass is 16.5. The number of esters is 1. The zero-order chi connectivity index (χ0) is 10.8. The van der Waals surface area contributed by atoms with E-state index in [0.29, 0.717) is 18.2 Å². The molecule has 0 amide bonds. The third-order valence-corrected chi connectivity index (χ3v) is 2.72. The molecule has 0 radical (unpaired) electrons. The Labute approximate surface area is 89.4 Å². The van der Waals surface area contributed by atoms with E-state index >= 15 is 0 Å². The first-order valence-electron chi connectivity index (χ1n) is 5.25. The van der Waals surface area contributed by atoms with Gasteiger partial charge in [0.15, 0.2) is 0 Å². The van der Waals surface area contributed by atoms with E-state index < -0.39 is 0 Å². The van der Waals surface area contributed by atoms with Crippen molar-refractivity contribution >= 4 is 5.97 Å². The molecule has 0 aromatic heterocycles. The Morgan fingerprint density at radius 1 is 1.60 bits per heavy atom. The molecule has 0 bridgehead atoms. The van der Waals surface area contributed by atoms with E-state index in [1.165, 1.54) is 11.1 Å². The van der Waals surface area contributed by atoms with Gasteiger partial charge in [0.25, 0.3) is 0 Å². The quantitative estimate of drug-likeness (QED) is 0.751. The summed E-state index contributed by atoms with van der Waals surface area (Å²) in [4.78, 5) is 11.5. The maximum Gasteiger partial charge on any atom is 0.338 e. The van der Waals surface area contributed by atoms with E-state index in [0.717, 1.165) is 6.54 Å². The zero-order valence-electron chi connectivity index (χ0n) is 9.04. The maximum absolute atomic E-state index is 11.5. The molecule has 1 atom stereocenters. The molecular formula is C12H15NO2. The predicted molar refractivity (Wildman–Crippen MR) is 57.7 cm³/mol. The zero-order valence-corrected chi connectivity index (χ0v) is 9.04. The van der Waals surface area contributed by atoms with Crippen molar-refractivity contribution in [2.24, 2.45) is 0 Å². The highest BCUT2D eigenvalue weighted by molar-refractivity contribution is 5.89. The number of fused-ring (bicyclic) bond motifs is 1. The van der Waals surface area contributed by atoms with Crippen LogP contribution < -0.4 is 5.32 Å². The van der Waals surface area contributed by atoms with Crippen LogP contribution in [-0.4, -0.2) is 12.6 Å². The molecule has 1 heterocycles. The van der Waals surface area contributed by atoms with Crippen LogP contribution in [0.3, 0.4) is 0 Å². The van der Waals surface area contributed by atoms with Gasteiger partial charge in [-0.2, -0.15) is 0 Å². The average Bonchev–Trinajstić information content (AvgIpc) is 2.60. The molecule has 0 aliphatic carbocycles. The first-order chi connectivity index (χ1) is 7.22. The fourth-order valence-corrected chi connectivity index (χ4v) is 1.90. The predicted octanol–water partition coefficient (Wildman–Crippen LogP) is 2.03. The van der Waals surface area contributed by atoms with Crippen LogP contribution in [0.2, 0.25) is 0 Å². The van der Waals surface area contributed by atoms with Crippen molar-refractivity contribution in [2.45, 2.75) is 26.4 Å². The molecule has 0 saturated carbocycles. The monoisotopic (exact) mass is 205 g/mol. The smallest absolute Gasteiger partial charge is 0.338 e. The molecule has 1 aliphatic heterocycles. The molecule has 1 aromatic rings. The van der Waals surface area contributed by atoms with Gasteiger partial charge in [-0.05, 0) is 37.1 Å². The first-order valence-corrected chi connectivity index (χ1v) is 5.25. The standard InChI is InChI=1S/C12H15NO2/c1-3-15-12(14)9-4-5-11-8(2)13-7-10(11)6-9/h4-6,8,13H,3,7H2,1-2H3. The van der Waals surface area contributed by atoms with E-state index in [-0.39, 0.29) is 5.97 Å². The first kappa shape index (κ1) is 10.2.